The summed E-state index contributed by atoms with van der Waals surface area (Å²) in [6.45, 7) is 5.78. The van der Waals surface area contributed by atoms with E-state index in [1.54, 1.807) is 6.21 Å². The van der Waals surface area contributed by atoms with E-state index in [1.165, 1.54) is 0 Å². The number of Topliss-reactive ketones (excluding diaryl/α,β-unsaturated/α-hetero) is 1. The zero-order valence-electron chi connectivity index (χ0n) is 20.8. The predicted molar refractivity (Wildman–Crippen MR) is 146 cm³/mol. The van der Waals surface area contributed by atoms with Crippen LogP contribution in [-0.4, -0.2) is 78.1 Å². The molecule has 37 heavy (non-hydrogen) atoms. The van der Waals surface area contributed by atoms with Gasteiger partial charge in [0.15, 0.2) is 22.4 Å². The number of nitrogens with zero attached hydrogens (tertiary/aromatic N) is 3. The first kappa shape index (κ1) is 25.2. The van der Waals surface area contributed by atoms with Crippen LogP contribution in [-0.2, 0) is 11.3 Å². The summed E-state index contributed by atoms with van der Waals surface area (Å²) in [5.41, 5.74) is 2.53. The molecule has 3 aliphatic rings. The van der Waals surface area contributed by atoms with Gasteiger partial charge < -0.3 is 24.8 Å². The molecule has 0 radical (unpaired) electrons. The summed E-state index contributed by atoms with van der Waals surface area (Å²) in [7, 11) is 0. The van der Waals surface area contributed by atoms with Gasteiger partial charge in [0.25, 0.3) is 0 Å². The van der Waals surface area contributed by atoms with Crippen molar-refractivity contribution in [3.8, 4) is 11.5 Å². The highest BCUT2D eigenvalue weighted by molar-refractivity contribution is 7.80. The van der Waals surface area contributed by atoms with E-state index in [4.69, 9.17) is 21.7 Å². The van der Waals surface area contributed by atoms with Gasteiger partial charge in [-0.05, 0) is 41.4 Å². The van der Waals surface area contributed by atoms with Crippen LogP contribution < -0.4 is 14.8 Å². The van der Waals surface area contributed by atoms with E-state index in [2.05, 4.69) is 20.1 Å². The van der Waals surface area contributed by atoms with Gasteiger partial charge in [0.2, 0.25) is 6.79 Å². The number of carbonyl (C=O) groups excluding carboxylic acids is 1. The van der Waals surface area contributed by atoms with Crippen LogP contribution in [0.2, 0.25) is 0 Å². The second-order valence-corrected chi connectivity index (χ2v) is 9.90. The third kappa shape index (κ3) is 6.29. The number of benzene rings is 2. The number of thiocarbonyl (C=S) groups is 1. The number of ether oxygens (including phenoxy) is 2. The minimum Gasteiger partial charge on any atom is -0.511 e. The lowest BCUT2D eigenvalue weighted by Crippen LogP contribution is -2.51. The quantitative estimate of drug-likeness (QED) is 0.424. The van der Waals surface area contributed by atoms with Crippen molar-refractivity contribution < 1.29 is 19.4 Å². The molecule has 0 saturated carbocycles. The number of allylic oxidation sites excluding steroid dienone is 2. The van der Waals surface area contributed by atoms with Crippen LogP contribution in [0.3, 0.4) is 0 Å². The van der Waals surface area contributed by atoms with Crippen molar-refractivity contribution in [1.82, 2.24) is 15.1 Å². The minimum absolute atomic E-state index is 0.0275. The monoisotopic (exact) mass is 520 g/mol. The van der Waals surface area contributed by atoms with Crippen molar-refractivity contribution in [2.75, 3.05) is 46.1 Å². The highest BCUT2D eigenvalue weighted by atomic mass is 32.1. The number of nitrogens with one attached hydrogen (secondary N) is 1. The van der Waals surface area contributed by atoms with Crippen molar-refractivity contribution >= 4 is 29.3 Å². The number of fused-ring (bicyclic) bond motifs is 1. The standard InChI is InChI=1S/C28H32N4O4S/c33-24-15-22(21-4-2-1-3-5-21)16-25(34)23(24)18-29-8-9-31-10-12-32(13-11-31)28(37)30-17-20-6-7-26-27(14-20)36-19-35-26/h1-7,14,18,22,33H,8-13,15-17,19H2,(H,30,37). The van der Waals surface area contributed by atoms with Crippen molar-refractivity contribution in [3.63, 3.8) is 0 Å². The summed E-state index contributed by atoms with van der Waals surface area (Å²) in [6.07, 6.45) is 2.44. The zero-order valence-corrected chi connectivity index (χ0v) is 21.6. The molecule has 1 unspecified atom stereocenters. The fourth-order valence-electron chi connectivity index (χ4n) is 4.89. The fourth-order valence-corrected chi connectivity index (χ4v) is 5.14. The normalized spacial score (nSPS) is 20.1. The maximum Gasteiger partial charge on any atom is 0.231 e. The Balaban J connectivity index is 1.03. The molecule has 194 valence electrons. The molecule has 9 heteroatoms. The molecule has 1 atom stereocenters. The Morgan fingerprint density at radius 1 is 1.08 bits per heavy atom. The molecule has 0 bridgehead atoms. The van der Waals surface area contributed by atoms with Crippen LogP contribution >= 0.6 is 12.2 Å². The lowest BCUT2D eigenvalue weighted by atomic mass is 9.83. The number of hydrogen-bond acceptors (Lipinski definition) is 7. The SMILES string of the molecule is O=C1CC(c2ccccc2)CC(O)=C1C=NCCN1CCN(C(=S)NCc2ccc3c(c2)OCO3)CC1. The third-order valence-corrected chi connectivity index (χ3v) is 7.46. The van der Waals surface area contributed by atoms with E-state index >= 15 is 0 Å². The van der Waals surface area contributed by atoms with Crippen LogP contribution in [0.25, 0.3) is 0 Å². The van der Waals surface area contributed by atoms with E-state index in [0.29, 0.717) is 31.5 Å². The highest BCUT2D eigenvalue weighted by Crippen LogP contribution is 2.33. The predicted octanol–water partition coefficient (Wildman–Crippen LogP) is 3.44. The van der Waals surface area contributed by atoms with Gasteiger partial charge >= 0.3 is 0 Å². The second-order valence-electron chi connectivity index (χ2n) is 9.51. The summed E-state index contributed by atoms with van der Waals surface area (Å²) in [4.78, 5) is 21.6. The van der Waals surface area contributed by atoms with Gasteiger partial charge in [0.05, 0.1) is 12.1 Å². The molecule has 2 N–H and O–H groups in total. The van der Waals surface area contributed by atoms with Gasteiger partial charge in [-0.2, -0.15) is 0 Å². The smallest absolute Gasteiger partial charge is 0.231 e. The molecule has 2 aromatic carbocycles. The van der Waals surface area contributed by atoms with E-state index in [9.17, 15) is 9.90 Å². The van der Waals surface area contributed by atoms with Crippen LogP contribution in [0.4, 0.5) is 0 Å². The van der Waals surface area contributed by atoms with Crippen molar-refractivity contribution in [2.24, 2.45) is 4.99 Å². The average Bonchev–Trinajstić information content (AvgIpc) is 3.39. The van der Waals surface area contributed by atoms with Crippen LogP contribution in [0.15, 0.2) is 64.9 Å². The van der Waals surface area contributed by atoms with Crippen molar-refractivity contribution in [2.45, 2.75) is 25.3 Å². The van der Waals surface area contributed by atoms with Gasteiger partial charge in [0.1, 0.15) is 5.76 Å². The first-order valence-electron chi connectivity index (χ1n) is 12.7. The number of aliphatic hydroxyl groups excluding tert-OH is 1. The Hall–Kier alpha value is -3.43. The Morgan fingerprint density at radius 3 is 2.65 bits per heavy atom. The maximum atomic E-state index is 12.6. The van der Waals surface area contributed by atoms with Crippen LogP contribution in [0.5, 0.6) is 11.5 Å². The maximum absolute atomic E-state index is 12.6. The summed E-state index contributed by atoms with van der Waals surface area (Å²) in [5, 5.41) is 14.6. The Morgan fingerprint density at radius 2 is 1.86 bits per heavy atom. The van der Waals surface area contributed by atoms with Crippen LogP contribution in [0.1, 0.15) is 29.9 Å². The van der Waals surface area contributed by atoms with Gasteiger partial charge in [-0.15, -0.1) is 0 Å². The molecule has 2 heterocycles. The number of hydrogen-bond donors (Lipinski definition) is 2. The first-order valence-corrected chi connectivity index (χ1v) is 13.1. The van der Waals surface area contributed by atoms with E-state index in [-0.39, 0.29) is 24.3 Å². The second kappa shape index (κ2) is 11.7. The van der Waals surface area contributed by atoms with Crippen molar-refractivity contribution in [3.05, 3.63) is 71.0 Å². The Bertz CT molecular complexity index is 1190. The average molecular weight is 521 g/mol. The minimum atomic E-state index is -0.0447. The lowest BCUT2D eigenvalue weighted by molar-refractivity contribution is -0.116. The fraction of sp³-hybridized carbons (Fsp3) is 0.393. The largest absolute Gasteiger partial charge is 0.511 e. The van der Waals surface area contributed by atoms with Gasteiger partial charge in [0, 0.05) is 58.3 Å². The number of carbonyl (C=O) groups is 1. The molecule has 1 aliphatic carbocycles. The highest BCUT2D eigenvalue weighted by Gasteiger charge is 2.27. The number of aliphatic imine (C=N–C) groups is 1. The molecule has 0 amide bonds. The summed E-state index contributed by atoms with van der Waals surface area (Å²) in [6, 6.07) is 15.8. The lowest BCUT2D eigenvalue weighted by Gasteiger charge is -2.36. The number of rotatable bonds is 7. The van der Waals surface area contributed by atoms with E-state index in [1.807, 2.05) is 48.5 Å². The third-order valence-electron chi connectivity index (χ3n) is 7.06. The molecule has 1 saturated heterocycles. The Kier molecular flexibility index (Phi) is 8.01. The zero-order chi connectivity index (χ0) is 25.6. The molecular weight excluding hydrogens is 488 g/mol. The molecule has 8 nitrogen and oxygen atoms in total. The number of ketones is 1. The molecule has 5 rings (SSSR count). The van der Waals surface area contributed by atoms with E-state index < -0.39 is 0 Å². The van der Waals surface area contributed by atoms with Crippen LogP contribution in [0, 0.1) is 0 Å². The molecule has 1 fully saturated rings. The van der Waals surface area contributed by atoms with Gasteiger partial charge in [-0.25, -0.2) is 0 Å². The van der Waals surface area contributed by atoms with Gasteiger partial charge in [-0.3, -0.25) is 14.7 Å². The topological polar surface area (TPSA) is 86.6 Å². The molecule has 0 aromatic heterocycles. The Labute approximate surface area is 222 Å². The molecule has 2 aromatic rings. The summed E-state index contributed by atoms with van der Waals surface area (Å²) in [5.74, 6) is 1.68. The number of aliphatic hydroxyl groups is 1. The summed E-state index contributed by atoms with van der Waals surface area (Å²) >= 11 is 5.61. The van der Waals surface area contributed by atoms with Gasteiger partial charge in [-0.1, -0.05) is 36.4 Å². The van der Waals surface area contributed by atoms with E-state index in [0.717, 1.165) is 60.5 Å². The summed E-state index contributed by atoms with van der Waals surface area (Å²) < 4.78 is 10.8. The number of piperazine rings is 1. The van der Waals surface area contributed by atoms with Crippen molar-refractivity contribution in [1.29, 1.82) is 0 Å². The molecule has 2 aliphatic heterocycles. The molecule has 0 spiro atoms. The first-order chi connectivity index (χ1) is 18.1. The molecular formula is C28H32N4O4S.